The number of benzene rings is 1. The molecule has 0 radical (unpaired) electrons. The van der Waals surface area contributed by atoms with Crippen LogP contribution < -0.4 is 0 Å². The summed E-state index contributed by atoms with van der Waals surface area (Å²) >= 11 is 12.5. The Labute approximate surface area is 158 Å². The Bertz CT molecular complexity index is 746. The highest BCUT2D eigenvalue weighted by atomic mass is 35.5. The molecular weight excluding hydrogens is 359 g/mol. The fourth-order valence-electron chi connectivity index (χ4n) is 3.16. The van der Waals surface area contributed by atoms with Crippen LogP contribution in [0.25, 0.3) is 0 Å². The molecule has 25 heavy (non-hydrogen) atoms. The van der Waals surface area contributed by atoms with Gasteiger partial charge in [-0.2, -0.15) is 5.10 Å². The predicted octanol–water partition coefficient (Wildman–Crippen LogP) is 3.48. The van der Waals surface area contributed by atoms with E-state index in [1.165, 1.54) is 0 Å². The molecule has 2 aromatic rings. The number of hydrogen-bond donors (Lipinski definition) is 0. The van der Waals surface area contributed by atoms with E-state index in [4.69, 9.17) is 23.2 Å². The molecule has 5 nitrogen and oxygen atoms in total. The van der Waals surface area contributed by atoms with Crippen molar-refractivity contribution in [1.29, 1.82) is 0 Å². The maximum atomic E-state index is 12.7. The van der Waals surface area contributed by atoms with Gasteiger partial charge in [-0.05, 0) is 26.0 Å². The van der Waals surface area contributed by atoms with E-state index in [1.54, 1.807) is 6.20 Å². The van der Waals surface area contributed by atoms with Crippen molar-refractivity contribution in [1.82, 2.24) is 19.6 Å². The molecule has 1 aliphatic heterocycles. The summed E-state index contributed by atoms with van der Waals surface area (Å²) in [5.74, 6) is 0.0626. The van der Waals surface area contributed by atoms with Gasteiger partial charge < -0.3 is 4.90 Å². The molecule has 3 rings (SSSR count). The summed E-state index contributed by atoms with van der Waals surface area (Å²) in [5.41, 5.74) is 2.58. The van der Waals surface area contributed by atoms with Crippen LogP contribution in [0.5, 0.6) is 0 Å². The van der Waals surface area contributed by atoms with Crippen LogP contribution in [-0.2, 0) is 13.1 Å². The average Bonchev–Trinajstić information content (AvgIpc) is 2.99. The van der Waals surface area contributed by atoms with Crippen molar-refractivity contribution in [3.63, 3.8) is 0 Å². The maximum absolute atomic E-state index is 12.7. The summed E-state index contributed by atoms with van der Waals surface area (Å²) in [6, 6.07) is 5.57. The summed E-state index contributed by atoms with van der Waals surface area (Å²) < 4.78 is 1.85. The van der Waals surface area contributed by atoms with Crippen LogP contribution in [0.4, 0.5) is 0 Å². The molecule has 1 amide bonds. The van der Waals surface area contributed by atoms with E-state index in [2.05, 4.69) is 10.00 Å². The second-order valence-electron chi connectivity index (χ2n) is 6.23. The second-order valence-corrected chi connectivity index (χ2v) is 7.04. The zero-order chi connectivity index (χ0) is 18.0. The van der Waals surface area contributed by atoms with Crippen molar-refractivity contribution in [2.24, 2.45) is 0 Å². The van der Waals surface area contributed by atoms with Gasteiger partial charge in [0.25, 0.3) is 5.91 Å². The smallest absolute Gasteiger partial charge is 0.257 e. The molecular formula is C18H22Cl2N4O. The highest BCUT2D eigenvalue weighted by Crippen LogP contribution is 2.26. The first kappa shape index (κ1) is 18.2. The number of carbonyl (C=O) groups is 1. The minimum Gasteiger partial charge on any atom is -0.336 e. The number of carbonyl (C=O) groups excluding carboxylic acids is 1. The Hall–Kier alpha value is -1.56. The van der Waals surface area contributed by atoms with E-state index in [-0.39, 0.29) is 5.91 Å². The summed E-state index contributed by atoms with van der Waals surface area (Å²) in [4.78, 5) is 16.9. The molecule has 2 heterocycles. The average molecular weight is 381 g/mol. The molecule has 1 saturated heterocycles. The van der Waals surface area contributed by atoms with Crippen LogP contribution in [-0.4, -0.2) is 51.7 Å². The minimum atomic E-state index is 0.0626. The van der Waals surface area contributed by atoms with Crippen molar-refractivity contribution in [3.8, 4) is 0 Å². The molecule has 0 spiro atoms. The summed E-state index contributed by atoms with van der Waals surface area (Å²) in [6.07, 6.45) is 1.68. The standard InChI is InChI=1S/C18H22Cl2N4O/c1-3-24-13(2)14(11-21-24)18(25)23-9-7-22(8-10-23)12-15-16(19)5-4-6-17(15)20/h4-6,11H,3,7-10,12H2,1-2H3. The first-order valence-electron chi connectivity index (χ1n) is 8.48. The predicted molar refractivity (Wildman–Crippen MR) is 100 cm³/mol. The number of halogens is 2. The van der Waals surface area contributed by atoms with Gasteiger partial charge in [-0.25, -0.2) is 0 Å². The van der Waals surface area contributed by atoms with Gasteiger partial charge in [-0.3, -0.25) is 14.4 Å². The molecule has 1 aromatic carbocycles. The largest absolute Gasteiger partial charge is 0.336 e. The number of aryl methyl sites for hydroxylation is 1. The SMILES string of the molecule is CCn1ncc(C(=O)N2CCN(Cc3c(Cl)cccc3Cl)CC2)c1C. The monoisotopic (exact) mass is 380 g/mol. The molecule has 1 aromatic heterocycles. The van der Waals surface area contributed by atoms with Crippen LogP contribution in [0, 0.1) is 6.92 Å². The summed E-state index contributed by atoms with van der Waals surface area (Å²) in [6.45, 7) is 8.42. The Morgan fingerprint density at radius 2 is 1.80 bits per heavy atom. The molecule has 0 saturated carbocycles. The van der Waals surface area contributed by atoms with Gasteiger partial charge in [0.15, 0.2) is 0 Å². The van der Waals surface area contributed by atoms with Crippen LogP contribution >= 0.6 is 23.2 Å². The van der Waals surface area contributed by atoms with Crippen molar-refractivity contribution in [2.75, 3.05) is 26.2 Å². The fourth-order valence-corrected chi connectivity index (χ4v) is 3.68. The fraction of sp³-hybridized carbons (Fsp3) is 0.444. The third kappa shape index (κ3) is 3.84. The Kier molecular flexibility index (Phi) is 5.67. The van der Waals surface area contributed by atoms with E-state index < -0.39 is 0 Å². The lowest BCUT2D eigenvalue weighted by Gasteiger charge is -2.35. The molecule has 1 fully saturated rings. The van der Waals surface area contributed by atoms with Crippen molar-refractivity contribution in [2.45, 2.75) is 26.9 Å². The quantitative estimate of drug-likeness (QED) is 0.815. The van der Waals surface area contributed by atoms with Crippen molar-refractivity contribution < 1.29 is 4.79 Å². The first-order chi connectivity index (χ1) is 12.0. The number of piperazine rings is 1. The topological polar surface area (TPSA) is 41.4 Å². The summed E-state index contributed by atoms with van der Waals surface area (Å²) in [7, 11) is 0. The van der Waals surface area contributed by atoms with E-state index in [0.717, 1.165) is 30.9 Å². The van der Waals surface area contributed by atoms with Gasteiger partial charge >= 0.3 is 0 Å². The number of rotatable bonds is 4. The lowest BCUT2D eigenvalue weighted by molar-refractivity contribution is 0.0627. The third-order valence-electron chi connectivity index (χ3n) is 4.74. The van der Waals surface area contributed by atoms with E-state index >= 15 is 0 Å². The van der Waals surface area contributed by atoms with Crippen LogP contribution in [0.1, 0.15) is 28.5 Å². The molecule has 0 atom stereocenters. The van der Waals surface area contributed by atoms with E-state index in [1.807, 2.05) is 41.6 Å². The van der Waals surface area contributed by atoms with Gasteiger partial charge in [-0.1, -0.05) is 29.3 Å². The first-order valence-corrected chi connectivity index (χ1v) is 9.23. The molecule has 0 bridgehead atoms. The Morgan fingerprint density at radius 3 is 2.36 bits per heavy atom. The number of hydrogen-bond acceptors (Lipinski definition) is 3. The highest BCUT2D eigenvalue weighted by Gasteiger charge is 2.25. The highest BCUT2D eigenvalue weighted by molar-refractivity contribution is 6.35. The van der Waals surface area contributed by atoms with Gasteiger partial charge in [0.1, 0.15) is 0 Å². The van der Waals surface area contributed by atoms with Crippen LogP contribution in [0.2, 0.25) is 10.0 Å². The molecule has 7 heteroatoms. The van der Waals surface area contributed by atoms with E-state index in [9.17, 15) is 4.79 Å². The summed E-state index contributed by atoms with van der Waals surface area (Å²) in [5, 5.41) is 5.65. The molecule has 0 N–H and O–H groups in total. The van der Waals surface area contributed by atoms with Crippen molar-refractivity contribution in [3.05, 3.63) is 51.3 Å². The van der Waals surface area contributed by atoms with Gasteiger partial charge in [-0.15, -0.1) is 0 Å². The van der Waals surface area contributed by atoms with Gasteiger partial charge in [0.2, 0.25) is 0 Å². The normalized spacial score (nSPS) is 15.6. The third-order valence-corrected chi connectivity index (χ3v) is 5.44. The molecule has 0 unspecified atom stereocenters. The van der Waals surface area contributed by atoms with Gasteiger partial charge in [0, 0.05) is 60.6 Å². The Balaban J connectivity index is 1.62. The second kappa shape index (κ2) is 7.77. The molecule has 134 valence electrons. The Morgan fingerprint density at radius 1 is 1.16 bits per heavy atom. The number of amides is 1. The zero-order valence-corrected chi connectivity index (χ0v) is 16.0. The molecule has 1 aliphatic rings. The number of aromatic nitrogens is 2. The van der Waals surface area contributed by atoms with Crippen molar-refractivity contribution >= 4 is 29.1 Å². The van der Waals surface area contributed by atoms with Crippen LogP contribution in [0.15, 0.2) is 24.4 Å². The lowest BCUT2D eigenvalue weighted by Crippen LogP contribution is -2.48. The minimum absolute atomic E-state index is 0.0626. The van der Waals surface area contributed by atoms with Gasteiger partial charge in [0.05, 0.1) is 11.8 Å². The molecule has 0 aliphatic carbocycles. The number of nitrogens with zero attached hydrogens (tertiary/aromatic N) is 4. The lowest BCUT2D eigenvalue weighted by atomic mass is 10.1. The van der Waals surface area contributed by atoms with E-state index in [0.29, 0.717) is 35.2 Å². The van der Waals surface area contributed by atoms with Crippen LogP contribution in [0.3, 0.4) is 0 Å². The maximum Gasteiger partial charge on any atom is 0.257 e. The zero-order valence-electron chi connectivity index (χ0n) is 14.5.